The van der Waals surface area contributed by atoms with Crippen LogP contribution in [0, 0.1) is 0 Å². The van der Waals surface area contributed by atoms with Gasteiger partial charge in [0.2, 0.25) is 0 Å². The zero-order valence-electron chi connectivity index (χ0n) is 18.6. The number of hydrogen-bond acceptors (Lipinski definition) is 5. The van der Waals surface area contributed by atoms with Crippen molar-refractivity contribution >= 4 is 21.8 Å². The zero-order valence-corrected chi connectivity index (χ0v) is 20.2. The van der Waals surface area contributed by atoms with Crippen LogP contribution in [-0.4, -0.2) is 57.9 Å². The van der Waals surface area contributed by atoms with Crippen LogP contribution in [0.15, 0.2) is 34.8 Å². The lowest BCUT2D eigenvalue weighted by atomic mass is 9.98. The van der Waals surface area contributed by atoms with E-state index < -0.39 is 6.67 Å². The van der Waals surface area contributed by atoms with Crippen molar-refractivity contribution in [2.24, 2.45) is 0 Å². The number of nitrogens with one attached hydrogen (secondary N) is 1. The second-order valence-corrected chi connectivity index (χ2v) is 8.56. The van der Waals surface area contributed by atoms with Crippen molar-refractivity contribution in [1.29, 1.82) is 0 Å². The van der Waals surface area contributed by atoms with Crippen LogP contribution >= 0.6 is 15.9 Å². The third kappa shape index (κ3) is 6.36. The van der Waals surface area contributed by atoms with Crippen molar-refractivity contribution in [3.63, 3.8) is 0 Å². The van der Waals surface area contributed by atoms with Gasteiger partial charge in [0, 0.05) is 24.1 Å². The number of carbonyl (C=O) groups excluding carboxylic acids is 1. The van der Waals surface area contributed by atoms with E-state index in [1.165, 1.54) is 11.1 Å². The number of ether oxygens (including phenoxy) is 3. The largest absolute Gasteiger partial charge is 0.493 e. The van der Waals surface area contributed by atoms with E-state index in [-0.39, 0.29) is 12.5 Å². The van der Waals surface area contributed by atoms with Crippen LogP contribution in [0.5, 0.6) is 17.2 Å². The molecule has 0 radical (unpaired) electrons. The topological polar surface area (TPSA) is 60.0 Å². The Morgan fingerprint density at radius 1 is 1.09 bits per heavy atom. The van der Waals surface area contributed by atoms with Gasteiger partial charge in [-0.15, -0.1) is 0 Å². The first-order valence-electron chi connectivity index (χ1n) is 10.8. The quantitative estimate of drug-likeness (QED) is 0.457. The van der Waals surface area contributed by atoms with Gasteiger partial charge in [-0.05, 0) is 67.3 Å². The van der Waals surface area contributed by atoms with Gasteiger partial charge in [-0.3, -0.25) is 9.69 Å². The average Bonchev–Trinajstić information content (AvgIpc) is 2.81. The summed E-state index contributed by atoms with van der Waals surface area (Å²) in [5, 5.41) is 2.94. The van der Waals surface area contributed by atoms with Crippen LogP contribution in [0.3, 0.4) is 0 Å². The molecule has 2 aromatic rings. The van der Waals surface area contributed by atoms with Crippen LogP contribution in [-0.2, 0) is 13.0 Å². The van der Waals surface area contributed by atoms with Crippen LogP contribution in [0.4, 0.5) is 4.39 Å². The Morgan fingerprint density at radius 3 is 2.56 bits per heavy atom. The summed E-state index contributed by atoms with van der Waals surface area (Å²) in [6.45, 7) is 2.75. The Morgan fingerprint density at radius 2 is 1.84 bits per heavy atom. The minimum absolute atomic E-state index is 0.0699. The number of unbranched alkanes of at least 4 members (excludes halogenated alkanes) is 1. The molecule has 6 nitrogen and oxygen atoms in total. The number of halogens is 2. The van der Waals surface area contributed by atoms with Gasteiger partial charge in [-0.25, -0.2) is 4.39 Å². The van der Waals surface area contributed by atoms with Crippen molar-refractivity contribution in [2.75, 3.05) is 47.1 Å². The summed E-state index contributed by atoms with van der Waals surface area (Å²) < 4.78 is 29.4. The molecule has 0 bridgehead atoms. The lowest BCUT2D eigenvalue weighted by Crippen LogP contribution is -2.32. The highest BCUT2D eigenvalue weighted by Crippen LogP contribution is 2.33. The van der Waals surface area contributed by atoms with Crippen LogP contribution < -0.4 is 19.5 Å². The smallest absolute Gasteiger partial charge is 0.255 e. The number of amides is 1. The molecule has 0 aromatic heterocycles. The van der Waals surface area contributed by atoms with Gasteiger partial charge in [0.1, 0.15) is 19.0 Å². The Balaban J connectivity index is 1.45. The number of fused-ring (bicyclic) bond motifs is 1. The Labute approximate surface area is 197 Å². The predicted molar refractivity (Wildman–Crippen MR) is 126 cm³/mol. The van der Waals surface area contributed by atoms with E-state index >= 15 is 0 Å². The average molecular weight is 508 g/mol. The Hall–Kier alpha value is -2.32. The third-order valence-corrected chi connectivity index (χ3v) is 6.00. The number of nitrogens with zero attached hydrogens (tertiary/aromatic N) is 1. The molecule has 0 unspecified atom stereocenters. The number of methoxy groups -OCH3 is 2. The molecule has 1 aliphatic heterocycles. The van der Waals surface area contributed by atoms with Crippen LogP contribution in [0.1, 0.15) is 34.3 Å². The van der Waals surface area contributed by atoms with E-state index in [1.807, 2.05) is 0 Å². The molecule has 1 aliphatic rings. The molecule has 1 N–H and O–H groups in total. The van der Waals surface area contributed by atoms with Gasteiger partial charge in [-0.2, -0.15) is 0 Å². The molecule has 174 valence electrons. The fourth-order valence-corrected chi connectivity index (χ4v) is 4.21. The minimum atomic E-state index is -0.599. The van der Waals surface area contributed by atoms with Gasteiger partial charge in [0.15, 0.2) is 11.5 Å². The highest BCUT2D eigenvalue weighted by Gasteiger charge is 2.19. The van der Waals surface area contributed by atoms with Crippen molar-refractivity contribution in [1.82, 2.24) is 10.2 Å². The third-order valence-electron chi connectivity index (χ3n) is 5.50. The molecule has 1 heterocycles. The molecule has 0 saturated carbocycles. The van der Waals surface area contributed by atoms with Gasteiger partial charge in [0.05, 0.1) is 19.8 Å². The van der Waals surface area contributed by atoms with E-state index in [9.17, 15) is 9.18 Å². The summed E-state index contributed by atoms with van der Waals surface area (Å²) in [5.41, 5.74) is 2.99. The van der Waals surface area contributed by atoms with Gasteiger partial charge < -0.3 is 19.5 Å². The maximum atomic E-state index is 12.6. The Kier molecular flexibility index (Phi) is 9.17. The van der Waals surface area contributed by atoms with Gasteiger partial charge >= 0.3 is 0 Å². The van der Waals surface area contributed by atoms with E-state index in [1.54, 1.807) is 32.4 Å². The van der Waals surface area contributed by atoms with Crippen LogP contribution in [0.2, 0.25) is 0 Å². The monoisotopic (exact) mass is 507 g/mol. The van der Waals surface area contributed by atoms with Crippen molar-refractivity contribution in [3.8, 4) is 17.2 Å². The maximum absolute atomic E-state index is 12.6. The summed E-state index contributed by atoms with van der Waals surface area (Å²) in [6.07, 6.45) is 2.83. The fraction of sp³-hybridized carbons (Fsp3) is 0.458. The normalized spacial score (nSPS) is 13.4. The number of carbonyl (C=O) groups is 1. The molecular formula is C24H30BrFN2O4. The highest BCUT2D eigenvalue weighted by atomic mass is 79.9. The van der Waals surface area contributed by atoms with Crippen molar-refractivity contribution in [3.05, 3.63) is 51.5 Å². The molecule has 8 heteroatoms. The molecule has 0 saturated heterocycles. The molecular weight excluding hydrogens is 478 g/mol. The first kappa shape index (κ1) is 24.3. The highest BCUT2D eigenvalue weighted by molar-refractivity contribution is 9.10. The van der Waals surface area contributed by atoms with E-state index in [4.69, 9.17) is 14.2 Å². The second-order valence-electron chi connectivity index (χ2n) is 7.64. The van der Waals surface area contributed by atoms with Crippen molar-refractivity contribution < 1.29 is 23.4 Å². The summed E-state index contributed by atoms with van der Waals surface area (Å²) in [6, 6.07) is 9.28. The number of hydrogen-bond donors (Lipinski definition) is 1. The number of rotatable bonds is 11. The maximum Gasteiger partial charge on any atom is 0.255 e. The van der Waals surface area contributed by atoms with Crippen LogP contribution in [0.25, 0.3) is 0 Å². The standard InChI is InChI=1S/C24H30BrFN2O4/c1-30-22-13-17-7-11-28(16-18(17)14-23(22)31-2)10-4-3-9-27-24(29)20-15-19(25)5-6-21(20)32-12-8-26/h5-6,13-15H,3-4,7-12,16H2,1-2H3,(H,27,29)/i26-1. The number of benzene rings is 2. The van der Waals surface area contributed by atoms with Gasteiger partial charge in [0.25, 0.3) is 5.91 Å². The predicted octanol–water partition coefficient (Wildman–Crippen LogP) is 4.38. The Bertz CT molecular complexity index is 925. The summed E-state index contributed by atoms with van der Waals surface area (Å²) in [5.74, 6) is 1.72. The molecule has 1 amide bonds. The number of alkyl halides is 1. The first-order valence-corrected chi connectivity index (χ1v) is 11.6. The van der Waals surface area contributed by atoms with Gasteiger partial charge in [-0.1, -0.05) is 15.9 Å². The summed E-state index contributed by atoms with van der Waals surface area (Å²) in [4.78, 5) is 15.0. The molecule has 0 fully saturated rings. The minimum Gasteiger partial charge on any atom is -0.493 e. The zero-order chi connectivity index (χ0) is 22.9. The van der Waals surface area contributed by atoms with Crippen molar-refractivity contribution in [2.45, 2.75) is 25.8 Å². The lowest BCUT2D eigenvalue weighted by Gasteiger charge is -2.29. The van der Waals surface area contributed by atoms with E-state index in [2.05, 4.69) is 38.3 Å². The molecule has 0 spiro atoms. The van der Waals surface area contributed by atoms with E-state index in [0.29, 0.717) is 17.9 Å². The fourth-order valence-electron chi connectivity index (χ4n) is 3.84. The molecule has 3 rings (SSSR count). The SMILES string of the molecule is COc1cc2c(cc1OC)CN(CCCCNC(=O)c1cc(Br)ccc1OCC[18F])CC2. The molecule has 32 heavy (non-hydrogen) atoms. The molecule has 0 atom stereocenters. The van der Waals surface area contributed by atoms with E-state index in [0.717, 1.165) is 54.9 Å². The summed E-state index contributed by atoms with van der Waals surface area (Å²) >= 11 is 3.37. The molecule has 0 aliphatic carbocycles. The molecule has 2 aromatic carbocycles. The summed E-state index contributed by atoms with van der Waals surface area (Å²) in [7, 11) is 3.32. The first-order chi connectivity index (χ1) is 15.5. The second kappa shape index (κ2) is 12.1. The lowest BCUT2D eigenvalue weighted by molar-refractivity contribution is 0.0947.